The topological polar surface area (TPSA) is 23.5 Å². The molecule has 1 atom stereocenters. The van der Waals surface area contributed by atoms with Crippen molar-refractivity contribution in [2.75, 3.05) is 4.90 Å². The van der Waals surface area contributed by atoms with Crippen LogP contribution in [0.4, 0.5) is 18.9 Å². The first-order chi connectivity index (χ1) is 7.98. The van der Waals surface area contributed by atoms with E-state index in [0.717, 1.165) is 12.1 Å². The molecule has 1 aliphatic heterocycles. The number of aliphatic hydroxyl groups is 1. The normalized spacial score (nSPS) is 19.8. The van der Waals surface area contributed by atoms with Gasteiger partial charge in [0.05, 0.1) is 5.56 Å². The summed E-state index contributed by atoms with van der Waals surface area (Å²) in [6.45, 7) is 0. The maximum absolute atomic E-state index is 12.5. The molecule has 0 fully saturated rings. The predicted molar refractivity (Wildman–Crippen MR) is 58.2 cm³/mol. The summed E-state index contributed by atoms with van der Waals surface area (Å²) < 4.78 is 37.6. The Morgan fingerprint density at radius 2 is 1.94 bits per heavy atom. The Hall–Kier alpha value is -1.75. The second kappa shape index (κ2) is 4.25. The fourth-order valence-corrected chi connectivity index (χ4v) is 1.57. The number of aliphatic hydroxyl groups excluding tert-OH is 1. The zero-order chi connectivity index (χ0) is 12.5. The molecule has 5 heteroatoms. The maximum Gasteiger partial charge on any atom is 0.416 e. The summed E-state index contributed by atoms with van der Waals surface area (Å²) in [6.07, 6.45) is 0.974. The largest absolute Gasteiger partial charge is 0.416 e. The fraction of sp³-hybridized carbons (Fsp3) is 0.167. The number of anilines is 1. The van der Waals surface area contributed by atoms with E-state index in [4.69, 9.17) is 0 Å². The van der Waals surface area contributed by atoms with E-state index < -0.39 is 18.0 Å². The smallest absolute Gasteiger partial charge is 0.370 e. The van der Waals surface area contributed by atoms with E-state index in [1.54, 1.807) is 12.2 Å². The zero-order valence-corrected chi connectivity index (χ0v) is 8.72. The van der Waals surface area contributed by atoms with E-state index in [0.29, 0.717) is 5.69 Å². The van der Waals surface area contributed by atoms with Gasteiger partial charge in [-0.2, -0.15) is 13.2 Å². The first kappa shape index (κ1) is 11.7. The van der Waals surface area contributed by atoms with Crippen LogP contribution < -0.4 is 4.90 Å². The Labute approximate surface area is 96.3 Å². The summed E-state index contributed by atoms with van der Waals surface area (Å²) in [5, 5.41) is 9.62. The molecule has 0 bridgehead atoms. The van der Waals surface area contributed by atoms with Crippen LogP contribution in [0.3, 0.4) is 0 Å². The van der Waals surface area contributed by atoms with Crippen LogP contribution in [-0.2, 0) is 6.18 Å². The van der Waals surface area contributed by atoms with Crippen molar-refractivity contribution >= 4 is 5.69 Å². The van der Waals surface area contributed by atoms with Gasteiger partial charge in [0.1, 0.15) is 6.23 Å². The van der Waals surface area contributed by atoms with Crippen molar-refractivity contribution in [3.05, 3.63) is 54.3 Å². The van der Waals surface area contributed by atoms with Crippen LogP contribution in [0, 0.1) is 0 Å². The molecule has 0 amide bonds. The third-order valence-electron chi connectivity index (χ3n) is 2.40. The summed E-state index contributed by atoms with van der Waals surface area (Å²) in [6, 6.07) is 4.84. The first-order valence-electron chi connectivity index (χ1n) is 4.97. The number of rotatable bonds is 1. The summed E-state index contributed by atoms with van der Waals surface area (Å²) in [4.78, 5) is 1.36. The number of hydrogen-bond donors (Lipinski definition) is 1. The Balaban J connectivity index is 2.34. The summed E-state index contributed by atoms with van der Waals surface area (Å²) in [5.74, 6) is 0. The van der Waals surface area contributed by atoms with Gasteiger partial charge in [-0.1, -0.05) is 12.1 Å². The molecule has 0 radical (unpaired) electrons. The molecule has 1 N–H and O–H groups in total. The van der Waals surface area contributed by atoms with E-state index in [1.165, 1.54) is 29.3 Å². The van der Waals surface area contributed by atoms with Gasteiger partial charge in [-0.3, -0.25) is 0 Å². The molecular weight excluding hydrogens is 231 g/mol. The first-order valence-corrected chi connectivity index (χ1v) is 4.97. The van der Waals surface area contributed by atoms with Crippen LogP contribution in [0.5, 0.6) is 0 Å². The predicted octanol–water partition coefficient (Wildman–Crippen LogP) is 2.91. The van der Waals surface area contributed by atoms with Gasteiger partial charge in [-0.25, -0.2) is 0 Å². The van der Waals surface area contributed by atoms with E-state index in [2.05, 4.69) is 0 Å². The molecule has 0 aliphatic carbocycles. The molecule has 0 aromatic heterocycles. The van der Waals surface area contributed by atoms with Gasteiger partial charge in [-0.15, -0.1) is 0 Å². The van der Waals surface area contributed by atoms with Gasteiger partial charge >= 0.3 is 6.18 Å². The molecular formula is C12H10F3NO. The van der Waals surface area contributed by atoms with Crippen LogP contribution in [0.25, 0.3) is 0 Å². The molecule has 17 heavy (non-hydrogen) atoms. The number of allylic oxidation sites excluding steroid dienone is 2. The minimum absolute atomic E-state index is 0.299. The summed E-state index contributed by atoms with van der Waals surface area (Å²) >= 11 is 0. The Morgan fingerprint density at radius 3 is 2.59 bits per heavy atom. The van der Waals surface area contributed by atoms with Crippen LogP contribution in [0.15, 0.2) is 48.7 Å². The van der Waals surface area contributed by atoms with Crippen LogP contribution >= 0.6 is 0 Å². The van der Waals surface area contributed by atoms with Gasteiger partial charge in [0.25, 0.3) is 0 Å². The molecule has 2 rings (SSSR count). The van der Waals surface area contributed by atoms with Crippen molar-refractivity contribution in [2.45, 2.75) is 12.4 Å². The third-order valence-corrected chi connectivity index (χ3v) is 2.40. The number of nitrogens with zero attached hydrogens (tertiary/aromatic N) is 1. The molecule has 1 aromatic rings. The molecule has 1 aromatic carbocycles. The maximum atomic E-state index is 12.5. The Kier molecular flexibility index (Phi) is 2.93. The van der Waals surface area contributed by atoms with E-state index in [1.807, 2.05) is 0 Å². The Bertz CT molecular complexity index is 465. The average molecular weight is 241 g/mol. The molecule has 1 heterocycles. The highest BCUT2D eigenvalue weighted by Crippen LogP contribution is 2.32. The molecule has 1 unspecified atom stereocenters. The Morgan fingerprint density at radius 1 is 1.18 bits per heavy atom. The van der Waals surface area contributed by atoms with Crippen LogP contribution in [0.2, 0.25) is 0 Å². The lowest BCUT2D eigenvalue weighted by Gasteiger charge is -2.26. The highest BCUT2D eigenvalue weighted by molar-refractivity contribution is 5.54. The van der Waals surface area contributed by atoms with E-state index in [-0.39, 0.29) is 0 Å². The van der Waals surface area contributed by atoms with Crippen LogP contribution in [-0.4, -0.2) is 11.3 Å². The minimum atomic E-state index is -4.38. The molecule has 2 nitrogen and oxygen atoms in total. The lowest BCUT2D eigenvalue weighted by Crippen LogP contribution is -2.30. The monoisotopic (exact) mass is 241 g/mol. The minimum Gasteiger partial charge on any atom is -0.370 e. The fourth-order valence-electron chi connectivity index (χ4n) is 1.57. The lowest BCUT2D eigenvalue weighted by atomic mass is 10.1. The highest BCUT2D eigenvalue weighted by atomic mass is 19.4. The van der Waals surface area contributed by atoms with Gasteiger partial charge in [0.15, 0.2) is 0 Å². The standard InChI is InChI=1S/C12H10F3NO/c13-12(14,15)9-4-3-5-10(8-9)16-7-2-1-6-11(16)17/h1-8,11,17H. The zero-order valence-electron chi connectivity index (χ0n) is 8.72. The second-order valence-electron chi connectivity index (χ2n) is 3.60. The second-order valence-corrected chi connectivity index (χ2v) is 3.60. The molecule has 0 saturated carbocycles. The van der Waals surface area contributed by atoms with Crippen LogP contribution in [0.1, 0.15) is 5.56 Å². The van der Waals surface area contributed by atoms with Gasteiger partial charge in [0.2, 0.25) is 0 Å². The van der Waals surface area contributed by atoms with E-state index in [9.17, 15) is 18.3 Å². The summed E-state index contributed by atoms with van der Waals surface area (Å²) in [5.41, 5.74) is -0.432. The van der Waals surface area contributed by atoms with Gasteiger partial charge < -0.3 is 10.0 Å². The summed E-state index contributed by atoms with van der Waals surface area (Å²) in [7, 11) is 0. The van der Waals surface area contributed by atoms with Crippen molar-refractivity contribution in [1.29, 1.82) is 0 Å². The lowest BCUT2D eigenvalue weighted by molar-refractivity contribution is -0.137. The van der Waals surface area contributed by atoms with Crippen molar-refractivity contribution < 1.29 is 18.3 Å². The van der Waals surface area contributed by atoms with E-state index >= 15 is 0 Å². The molecule has 0 saturated heterocycles. The number of halogens is 3. The molecule has 1 aliphatic rings. The number of alkyl halides is 3. The average Bonchev–Trinajstić information content (AvgIpc) is 2.29. The van der Waals surface area contributed by atoms with Gasteiger partial charge in [0, 0.05) is 11.9 Å². The van der Waals surface area contributed by atoms with Gasteiger partial charge in [-0.05, 0) is 30.4 Å². The number of benzene rings is 1. The van der Waals surface area contributed by atoms with Crippen molar-refractivity contribution in [2.24, 2.45) is 0 Å². The van der Waals surface area contributed by atoms with Crippen molar-refractivity contribution in [3.63, 3.8) is 0 Å². The number of hydrogen-bond acceptors (Lipinski definition) is 2. The quantitative estimate of drug-likeness (QED) is 0.817. The van der Waals surface area contributed by atoms with Crippen molar-refractivity contribution in [3.8, 4) is 0 Å². The highest BCUT2D eigenvalue weighted by Gasteiger charge is 2.31. The molecule has 0 spiro atoms. The van der Waals surface area contributed by atoms with Crippen molar-refractivity contribution in [1.82, 2.24) is 0 Å². The molecule has 90 valence electrons. The third kappa shape index (κ3) is 2.50. The SMILES string of the molecule is OC1C=CC=CN1c1cccc(C(F)(F)F)c1.